The molecule has 6 nitrogen and oxygen atoms in total. The van der Waals surface area contributed by atoms with Crippen LogP contribution in [0.25, 0.3) is 0 Å². The van der Waals surface area contributed by atoms with E-state index in [1.807, 2.05) is 30.3 Å². The van der Waals surface area contributed by atoms with Gasteiger partial charge in [-0.15, -0.1) is 0 Å². The lowest BCUT2D eigenvalue weighted by Crippen LogP contribution is -2.38. The summed E-state index contributed by atoms with van der Waals surface area (Å²) in [4.78, 5) is 35.6. The van der Waals surface area contributed by atoms with Crippen LogP contribution in [0.2, 0.25) is 5.02 Å². The molecule has 136 valence electrons. The normalized spacial score (nSPS) is 11.3. The number of rotatable bonds is 7. The fourth-order valence-corrected chi connectivity index (χ4v) is 2.20. The first kappa shape index (κ1) is 19.5. The molecule has 0 saturated heterocycles. The maximum atomic E-state index is 12.0. The molecule has 7 heteroatoms. The number of amides is 2. The number of benzene rings is 2. The predicted octanol–water partition coefficient (Wildman–Crippen LogP) is 2.32. The topological polar surface area (TPSA) is 84.5 Å². The molecule has 2 rings (SSSR count). The van der Waals surface area contributed by atoms with Gasteiger partial charge in [-0.1, -0.05) is 41.9 Å². The third-order valence-corrected chi connectivity index (χ3v) is 3.74. The summed E-state index contributed by atoms with van der Waals surface area (Å²) in [5.41, 5.74) is 1.31. The Labute approximate surface area is 156 Å². The highest BCUT2D eigenvalue weighted by Crippen LogP contribution is 2.09. The molecule has 0 bridgehead atoms. The summed E-state index contributed by atoms with van der Waals surface area (Å²) in [7, 11) is 0. The average Bonchev–Trinajstić information content (AvgIpc) is 2.65. The second kappa shape index (κ2) is 9.58. The van der Waals surface area contributed by atoms with E-state index in [2.05, 4.69) is 10.6 Å². The first-order valence-corrected chi connectivity index (χ1v) is 8.38. The number of nitrogens with one attached hydrogen (secondary N) is 2. The molecule has 0 aliphatic rings. The Morgan fingerprint density at radius 1 is 1.00 bits per heavy atom. The minimum absolute atomic E-state index is 0.336. The number of carbonyl (C=O) groups excluding carboxylic acids is 3. The Balaban J connectivity index is 1.73. The van der Waals surface area contributed by atoms with Crippen LogP contribution in [0.1, 0.15) is 22.8 Å². The number of halogens is 1. The summed E-state index contributed by atoms with van der Waals surface area (Å²) < 4.78 is 5.02. The molecular formula is C19H19ClN2O4. The van der Waals surface area contributed by atoms with Crippen LogP contribution < -0.4 is 10.6 Å². The quantitative estimate of drug-likeness (QED) is 0.728. The summed E-state index contributed by atoms with van der Waals surface area (Å²) in [6.07, 6.45) is -0.960. The fourth-order valence-electron chi connectivity index (χ4n) is 2.08. The predicted molar refractivity (Wildman–Crippen MR) is 97.6 cm³/mol. The maximum absolute atomic E-state index is 12.0. The van der Waals surface area contributed by atoms with Gasteiger partial charge in [-0.05, 0) is 36.8 Å². The van der Waals surface area contributed by atoms with Gasteiger partial charge >= 0.3 is 5.97 Å². The van der Waals surface area contributed by atoms with E-state index >= 15 is 0 Å². The van der Waals surface area contributed by atoms with Gasteiger partial charge in [0, 0.05) is 17.1 Å². The van der Waals surface area contributed by atoms with Crippen LogP contribution in [0.4, 0.5) is 0 Å². The zero-order valence-electron chi connectivity index (χ0n) is 14.2. The van der Waals surface area contributed by atoms with Gasteiger partial charge in [-0.25, -0.2) is 0 Å². The third kappa shape index (κ3) is 6.22. The molecule has 0 radical (unpaired) electrons. The fraction of sp³-hybridized carbons (Fsp3) is 0.211. The van der Waals surface area contributed by atoms with Crippen molar-refractivity contribution in [3.8, 4) is 0 Å². The molecule has 26 heavy (non-hydrogen) atoms. The Hall–Kier alpha value is -2.86. The van der Waals surface area contributed by atoms with E-state index in [1.54, 1.807) is 24.3 Å². The zero-order chi connectivity index (χ0) is 18.9. The van der Waals surface area contributed by atoms with E-state index in [0.29, 0.717) is 17.1 Å². The summed E-state index contributed by atoms with van der Waals surface area (Å²) in [5.74, 6) is -1.54. The summed E-state index contributed by atoms with van der Waals surface area (Å²) in [5, 5.41) is 5.63. The minimum Gasteiger partial charge on any atom is -0.451 e. The molecular weight excluding hydrogens is 356 g/mol. The van der Waals surface area contributed by atoms with Crippen LogP contribution in [-0.4, -0.2) is 30.4 Å². The largest absolute Gasteiger partial charge is 0.451 e. The lowest BCUT2D eigenvalue weighted by molar-refractivity contribution is -0.153. The molecule has 0 aliphatic heterocycles. The van der Waals surface area contributed by atoms with Gasteiger partial charge in [0.25, 0.3) is 11.8 Å². The number of hydrogen-bond donors (Lipinski definition) is 2. The van der Waals surface area contributed by atoms with Crippen molar-refractivity contribution in [2.75, 3.05) is 6.54 Å². The zero-order valence-corrected chi connectivity index (χ0v) is 15.0. The molecule has 2 N–H and O–H groups in total. The maximum Gasteiger partial charge on any atom is 0.326 e. The molecule has 1 atom stereocenters. The van der Waals surface area contributed by atoms with Crippen molar-refractivity contribution < 1.29 is 19.1 Å². The minimum atomic E-state index is -0.960. The smallest absolute Gasteiger partial charge is 0.326 e. The Bertz CT molecular complexity index is 763. The van der Waals surface area contributed by atoms with Crippen molar-refractivity contribution in [2.24, 2.45) is 0 Å². The summed E-state index contributed by atoms with van der Waals surface area (Å²) in [6, 6.07) is 15.6. The highest BCUT2D eigenvalue weighted by molar-refractivity contribution is 6.30. The van der Waals surface area contributed by atoms with Crippen molar-refractivity contribution in [2.45, 2.75) is 19.6 Å². The van der Waals surface area contributed by atoms with Gasteiger partial charge < -0.3 is 15.4 Å². The Morgan fingerprint density at radius 3 is 2.31 bits per heavy atom. The van der Waals surface area contributed by atoms with Crippen molar-refractivity contribution in [3.63, 3.8) is 0 Å². The molecule has 2 amide bonds. The number of carbonyl (C=O) groups is 3. The molecule has 0 heterocycles. The molecule has 0 aromatic heterocycles. The second-order valence-electron chi connectivity index (χ2n) is 5.53. The lowest BCUT2D eigenvalue weighted by Gasteiger charge is -2.14. The van der Waals surface area contributed by atoms with Crippen LogP contribution in [0.15, 0.2) is 54.6 Å². The lowest BCUT2D eigenvalue weighted by atomic mass is 10.2. The molecule has 0 fully saturated rings. The van der Waals surface area contributed by atoms with Crippen molar-refractivity contribution in [1.29, 1.82) is 0 Å². The third-order valence-electron chi connectivity index (χ3n) is 3.49. The van der Waals surface area contributed by atoms with Crippen molar-refractivity contribution in [1.82, 2.24) is 10.6 Å². The van der Waals surface area contributed by atoms with E-state index in [9.17, 15) is 14.4 Å². The van der Waals surface area contributed by atoms with Crippen LogP contribution in [0.3, 0.4) is 0 Å². The molecule has 0 spiro atoms. The SMILES string of the molecule is C[C@H](OC(=O)CNC(=O)c1ccc(Cl)cc1)C(=O)NCc1ccccc1. The molecule has 2 aromatic carbocycles. The highest BCUT2D eigenvalue weighted by Gasteiger charge is 2.18. The van der Waals surface area contributed by atoms with Gasteiger partial charge in [0.15, 0.2) is 6.10 Å². The van der Waals surface area contributed by atoms with E-state index < -0.39 is 23.9 Å². The average molecular weight is 375 g/mol. The Morgan fingerprint density at radius 2 is 1.65 bits per heavy atom. The molecule has 0 saturated carbocycles. The van der Waals surface area contributed by atoms with Crippen LogP contribution in [0.5, 0.6) is 0 Å². The number of ether oxygens (including phenoxy) is 1. The monoisotopic (exact) mass is 374 g/mol. The van der Waals surface area contributed by atoms with Crippen molar-refractivity contribution >= 4 is 29.4 Å². The number of hydrogen-bond acceptors (Lipinski definition) is 4. The van der Waals surface area contributed by atoms with Crippen LogP contribution >= 0.6 is 11.6 Å². The summed E-state index contributed by atoms with van der Waals surface area (Å²) in [6.45, 7) is 1.48. The first-order valence-electron chi connectivity index (χ1n) is 8.00. The summed E-state index contributed by atoms with van der Waals surface area (Å²) >= 11 is 5.75. The van der Waals surface area contributed by atoms with E-state index in [0.717, 1.165) is 5.56 Å². The van der Waals surface area contributed by atoms with E-state index in [1.165, 1.54) is 6.92 Å². The first-order chi connectivity index (χ1) is 12.5. The van der Waals surface area contributed by atoms with Crippen LogP contribution in [0, 0.1) is 0 Å². The van der Waals surface area contributed by atoms with Gasteiger partial charge in [-0.3, -0.25) is 14.4 Å². The van der Waals surface area contributed by atoms with Gasteiger partial charge in [0.1, 0.15) is 6.54 Å². The second-order valence-corrected chi connectivity index (χ2v) is 5.96. The number of esters is 1. The molecule has 2 aromatic rings. The molecule has 0 unspecified atom stereocenters. The van der Waals surface area contributed by atoms with Gasteiger partial charge in [0.05, 0.1) is 0 Å². The van der Waals surface area contributed by atoms with E-state index in [4.69, 9.17) is 16.3 Å². The van der Waals surface area contributed by atoms with E-state index in [-0.39, 0.29) is 6.54 Å². The van der Waals surface area contributed by atoms with Gasteiger partial charge in [0.2, 0.25) is 0 Å². The van der Waals surface area contributed by atoms with Gasteiger partial charge in [-0.2, -0.15) is 0 Å². The van der Waals surface area contributed by atoms with Crippen molar-refractivity contribution in [3.05, 3.63) is 70.7 Å². The Kier molecular flexibility index (Phi) is 7.17. The van der Waals surface area contributed by atoms with Crippen LogP contribution in [-0.2, 0) is 20.9 Å². The highest BCUT2D eigenvalue weighted by atomic mass is 35.5. The molecule has 0 aliphatic carbocycles. The standard InChI is InChI=1S/C19H19ClN2O4/c1-13(18(24)21-11-14-5-3-2-4-6-14)26-17(23)12-22-19(25)15-7-9-16(20)10-8-15/h2-10,13H,11-12H2,1H3,(H,21,24)(H,22,25)/t13-/m0/s1.